The first-order valence-corrected chi connectivity index (χ1v) is 8.54. The van der Waals surface area contributed by atoms with Gasteiger partial charge in [-0.15, -0.1) is 5.10 Å². The zero-order valence-electron chi connectivity index (χ0n) is 15.8. The van der Waals surface area contributed by atoms with Crippen LogP contribution in [-0.2, 0) is 0 Å². The van der Waals surface area contributed by atoms with Crippen LogP contribution in [-0.4, -0.2) is 36.5 Å². The van der Waals surface area contributed by atoms with Crippen LogP contribution in [0.25, 0.3) is 5.69 Å². The maximum Gasteiger partial charge on any atom is 0.271 e. The van der Waals surface area contributed by atoms with E-state index in [1.807, 2.05) is 0 Å². The van der Waals surface area contributed by atoms with Crippen LogP contribution in [0.3, 0.4) is 0 Å². The fourth-order valence-electron chi connectivity index (χ4n) is 2.63. The summed E-state index contributed by atoms with van der Waals surface area (Å²) in [6.07, 6.45) is 0. The SMILES string of the molecule is C/C(=N\NC(=O)c1ccc([N+](=O)[O-])cc1)c1nnn(-c2cccc([N+](=O)[O-])c2)c1C. The van der Waals surface area contributed by atoms with Crippen molar-refractivity contribution >= 4 is 23.0 Å². The molecule has 0 aliphatic rings. The molecule has 1 N–H and O–H groups in total. The summed E-state index contributed by atoms with van der Waals surface area (Å²) >= 11 is 0. The quantitative estimate of drug-likeness (QED) is 0.372. The molecular weight excluding hydrogens is 394 g/mol. The topological polar surface area (TPSA) is 158 Å². The summed E-state index contributed by atoms with van der Waals surface area (Å²) < 4.78 is 1.43. The van der Waals surface area contributed by atoms with Gasteiger partial charge in [0.1, 0.15) is 5.69 Å². The Labute approximate surface area is 169 Å². The van der Waals surface area contributed by atoms with Gasteiger partial charge in [0.25, 0.3) is 17.3 Å². The van der Waals surface area contributed by atoms with Gasteiger partial charge in [-0.3, -0.25) is 25.0 Å². The number of benzene rings is 2. The van der Waals surface area contributed by atoms with Gasteiger partial charge in [-0.2, -0.15) is 5.10 Å². The molecule has 152 valence electrons. The van der Waals surface area contributed by atoms with E-state index < -0.39 is 15.8 Å². The fraction of sp³-hybridized carbons (Fsp3) is 0.111. The molecule has 12 heteroatoms. The molecule has 0 unspecified atom stereocenters. The van der Waals surface area contributed by atoms with Crippen LogP contribution in [0.5, 0.6) is 0 Å². The van der Waals surface area contributed by atoms with E-state index in [0.717, 1.165) is 0 Å². The number of nitro groups is 2. The number of amides is 1. The van der Waals surface area contributed by atoms with Crippen molar-refractivity contribution in [2.45, 2.75) is 13.8 Å². The lowest BCUT2D eigenvalue weighted by Gasteiger charge is -2.04. The summed E-state index contributed by atoms with van der Waals surface area (Å²) in [7, 11) is 0. The predicted molar refractivity (Wildman–Crippen MR) is 106 cm³/mol. The Morgan fingerprint density at radius 3 is 2.37 bits per heavy atom. The third-order valence-corrected chi connectivity index (χ3v) is 4.19. The molecular formula is C18H15N7O5. The molecule has 2 aromatic carbocycles. The first-order valence-electron chi connectivity index (χ1n) is 8.54. The van der Waals surface area contributed by atoms with E-state index in [2.05, 4.69) is 20.8 Å². The molecule has 3 aromatic rings. The van der Waals surface area contributed by atoms with E-state index in [0.29, 0.717) is 22.8 Å². The molecule has 1 heterocycles. The van der Waals surface area contributed by atoms with Gasteiger partial charge in [0.05, 0.1) is 26.9 Å². The second kappa shape index (κ2) is 8.26. The second-order valence-electron chi connectivity index (χ2n) is 6.15. The van der Waals surface area contributed by atoms with Crippen LogP contribution < -0.4 is 5.43 Å². The summed E-state index contributed by atoms with van der Waals surface area (Å²) in [6.45, 7) is 3.33. The smallest absolute Gasteiger partial charge is 0.267 e. The number of nitrogens with zero attached hydrogens (tertiary/aromatic N) is 6. The molecule has 0 aliphatic carbocycles. The van der Waals surface area contributed by atoms with Crippen LogP contribution in [0, 0.1) is 27.2 Å². The fourth-order valence-corrected chi connectivity index (χ4v) is 2.63. The van der Waals surface area contributed by atoms with E-state index >= 15 is 0 Å². The van der Waals surface area contributed by atoms with Gasteiger partial charge in [0.2, 0.25) is 0 Å². The van der Waals surface area contributed by atoms with Crippen molar-refractivity contribution < 1.29 is 14.6 Å². The summed E-state index contributed by atoms with van der Waals surface area (Å²) in [5, 5.41) is 33.7. The van der Waals surface area contributed by atoms with Crippen molar-refractivity contribution in [1.29, 1.82) is 0 Å². The van der Waals surface area contributed by atoms with Gasteiger partial charge < -0.3 is 0 Å². The highest BCUT2D eigenvalue weighted by molar-refractivity contribution is 6.00. The maximum atomic E-state index is 12.2. The van der Waals surface area contributed by atoms with Crippen molar-refractivity contribution in [3.63, 3.8) is 0 Å². The van der Waals surface area contributed by atoms with Gasteiger partial charge in [0.15, 0.2) is 0 Å². The number of non-ortho nitro benzene ring substituents is 2. The number of hydrogen-bond donors (Lipinski definition) is 1. The van der Waals surface area contributed by atoms with Crippen molar-refractivity contribution in [3.8, 4) is 5.69 Å². The molecule has 3 rings (SSSR count). The van der Waals surface area contributed by atoms with Crippen LogP contribution >= 0.6 is 0 Å². The minimum absolute atomic E-state index is 0.0790. The van der Waals surface area contributed by atoms with Crippen molar-refractivity contribution in [3.05, 3.63) is 85.7 Å². The Morgan fingerprint density at radius 2 is 1.73 bits per heavy atom. The molecule has 30 heavy (non-hydrogen) atoms. The zero-order chi connectivity index (χ0) is 21.8. The zero-order valence-corrected chi connectivity index (χ0v) is 15.8. The predicted octanol–water partition coefficient (Wildman–Crippen LogP) is 2.55. The molecule has 0 bridgehead atoms. The number of carbonyl (C=O) groups is 1. The molecule has 1 aromatic heterocycles. The monoisotopic (exact) mass is 409 g/mol. The van der Waals surface area contributed by atoms with Crippen LogP contribution in [0.1, 0.15) is 28.7 Å². The number of rotatable bonds is 6. The van der Waals surface area contributed by atoms with Crippen LogP contribution in [0.15, 0.2) is 53.6 Å². The molecule has 0 fully saturated rings. The number of nitro benzene ring substituents is 2. The lowest BCUT2D eigenvalue weighted by Crippen LogP contribution is -2.19. The molecule has 0 radical (unpaired) electrons. The average molecular weight is 409 g/mol. The minimum Gasteiger partial charge on any atom is -0.267 e. The van der Waals surface area contributed by atoms with Gasteiger partial charge in [-0.25, -0.2) is 10.1 Å². The van der Waals surface area contributed by atoms with Crippen molar-refractivity contribution in [1.82, 2.24) is 20.4 Å². The largest absolute Gasteiger partial charge is 0.271 e. The summed E-state index contributed by atoms with van der Waals surface area (Å²) in [5.74, 6) is -0.548. The Bertz CT molecular complexity index is 1170. The maximum absolute atomic E-state index is 12.2. The molecule has 0 saturated heterocycles. The van der Waals surface area contributed by atoms with Gasteiger partial charge >= 0.3 is 0 Å². The summed E-state index contributed by atoms with van der Waals surface area (Å²) in [4.78, 5) is 32.8. The lowest BCUT2D eigenvalue weighted by atomic mass is 10.2. The third-order valence-electron chi connectivity index (χ3n) is 4.19. The highest BCUT2D eigenvalue weighted by atomic mass is 16.6. The summed E-state index contributed by atoms with van der Waals surface area (Å²) in [6, 6.07) is 11.0. The van der Waals surface area contributed by atoms with Crippen molar-refractivity contribution in [2.24, 2.45) is 5.10 Å². The first-order chi connectivity index (χ1) is 14.3. The summed E-state index contributed by atoms with van der Waals surface area (Å²) in [5.41, 5.74) is 4.14. The number of carbonyl (C=O) groups excluding carboxylic acids is 1. The molecule has 0 spiro atoms. The third kappa shape index (κ3) is 4.16. The minimum atomic E-state index is -0.558. The number of nitrogens with one attached hydrogen (secondary N) is 1. The average Bonchev–Trinajstić information content (AvgIpc) is 3.13. The van der Waals surface area contributed by atoms with Gasteiger partial charge in [-0.05, 0) is 32.0 Å². The number of hydrogen-bond acceptors (Lipinski definition) is 8. The Hall–Kier alpha value is -4.48. The van der Waals surface area contributed by atoms with E-state index in [9.17, 15) is 25.0 Å². The lowest BCUT2D eigenvalue weighted by molar-refractivity contribution is -0.385. The number of aromatic nitrogens is 3. The Morgan fingerprint density at radius 1 is 1.07 bits per heavy atom. The van der Waals surface area contributed by atoms with Gasteiger partial charge in [0, 0.05) is 29.8 Å². The highest BCUT2D eigenvalue weighted by Crippen LogP contribution is 2.18. The van der Waals surface area contributed by atoms with Crippen molar-refractivity contribution in [2.75, 3.05) is 0 Å². The van der Waals surface area contributed by atoms with Gasteiger partial charge in [-0.1, -0.05) is 11.3 Å². The van der Waals surface area contributed by atoms with E-state index in [1.54, 1.807) is 26.0 Å². The number of hydrazone groups is 1. The van der Waals surface area contributed by atoms with Crippen LogP contribution in [0.4, 0.5) is 11.4 Å². The van der Waals surface area contributed by atoms with E-state index in [1.165, 1.54) is 41.1 Å². The normalized spacial score (nSPS) is 11.2. The van der Waals surface area contributed by atoms with Crippen LogP contribution in [0.2, 0.25) is 0 Å². The molecule has 0 atom stereocenters. The molecule has 0 saturated carbocycles. The molecule has 0 aliphatic heterocycles. The molecule has 12 nitrogen and oxygen atoms in total. The second-order valence-corrected chi connectivity index (χ2v) is 6.15. The Kier molecular flexibility index (Phi) is 5.58. The van der Waals surface area contributed by atoms with E-state index in [4.69, 9.17) is 0 Å². The standard InChI is InChI=1S/C18H15N7O5/c1-11(19-21-18(26)13-6-8-14(9-7-13)24(27)28)17-12(2)23(22-20-17)15-4-3-5-16(10-15)25(29)30/h3-10H,1-2H3,(H,21,26)/b19-11+. The first kappa shape index (κ1) is 20.3. The van der Waals surface area contributed by atoms with E-state index in [-0.39, 0.29) is 16.9 Å². The molecule has 1 amide bonds. The Balaban J connectivity index is 1.78. The highest BCUT2D eigenvalue weighted by Gasteiger charge is 2.16.